The van der Waals surface area contributed by atoms with E-state index in [1.54, 1.807) is 22.2 Å². The maximum Gasteiger partial charge on any atom is 0.192 e. The van der Waals surface area contributed by atoms with Crippen molar-refractivity contribution < 1.29 is 4.84 Å². The van der Waals surface area contributed by atoms with E-state index in [-0.39, 0.29) is 6.61 Å². The number of thiophene rings is 1. The number of nitrogens with zero attached hydrogens (tertiary/aromatic N) is 6. The standard InChI is InChI=1S/C33H26N6OS/c1-23(27-18-11-19-41-27)37-40-21-28-35-33-30-29(25-14-7-3-8-15-25)31(26-16-9-4-10-17-26)38(20-24-12-5-2-6-13-24)32(30)34-22-39(33)36-28/h2-19,22H,20-21H2,1H3. The molecule has 0 aliphatic rings. The zero-order valence-electron chi connectivity index (χ0n) is 22.4. The summed E-state index contributed by atoms with van der Waals surface area (Å²) in [6.45, 7) is 2.75. The Kier molecular flexibility index (Phi) is 6.58. The summed E-state index contributed by atoms with van der Waals surface area (Å²) in [6, 6.07) is 35.4. The molecule has 4 aromatic heterocycles. The van der Waals surface area contributed by atoms with Crippen LogP contribution in [-0.2, 0) is 18.0 Å². The molecule has 7 nitrogen and oxygen atoms in total. The fourth-order valence-electron chi connectivity index (χ4n) is 5.16. The Morgan fingerprint density at radius 3 is 2.24 bits per heavy atom. The van der Waals surface area contributed by atoms with Gasteiger partial charge < -0.3 is 9.40 Å². The summed E-state index contributed by atoms with van der Waals surface area (Å²) in [4.78, 5) is 16.6. The Morgan fingerprint density at radius 2 is 1.54 bits per heavy atom. The van der Waals surface area contributed by atoms with Crippen molar-refractivity contribution in [1.82, 2.24) is 24.1 Å². The number of hydrogen-bond acceptors (Lipinski definition) is 6. The molecule has 200 valence electrons. The second kappa shape index (κ2) is 10.8. The second-order valence-corrected chi connectivity index (χ2v) is 10.6. The number of oxime groups is 1. The lowest BCUT2D eigenvalue weighted by molar-refractivity contribution is 0.125. The van der Waals surface area contributed by atoms with Crippen LogP contribution in [-0.4, -0.2) is 29.9 Å². The first-order valence-electron chi connectivity index (χ1n) is 13.4. The van der Waals surface area contributed by atoms with Gasteiger partial charge in [-0.15, -0.1) is 16.4 Å². The quantitative estimate of drug-likeness (QED) is 0.144. The van der Waals surface area contributed by atoms with Crippen molar-refractivity contribution in [3.8, 4) is 22.4 Å². The molecule has 3 aromatic carbocycles. The van der Waals surface area contributed by atoms with Crippen molar-refractivity contribution in [2.45, 2.75) is 20.1 Å². The lowest BCUT2D eigenvalue weighted by Gasteiger charge is -2.13. The molecular weight excluding hydrogens is 528 g/mol. The van der Waals surface area contributed by atoms with Crippen molar-refractivity contribution >= 4 is 33.7 Å². The summed E-state index contributed by atoms with van der Waals surface area (Å²) in [7, 11) is 0. The van der Waals surface area contributed by atoms with Gasteiger partial charge in [-0.2, -0.15) is 0 Å². The Labute approximate surface area is 241 Å². The summed E-state index contributed by atoms with van der Waals surface area (Å²) in [5, 5.41) is 11.9. The molecule has 0 N–H and O–H groups in total. The normalized spacial score (nSPS) is 11.9. The molecule has 0 saturated carbocycles. The molecule has 7 aromatic rings. The van der Waals surface area contributed by atoms with E-state index in [9.17, 15) is 0 Å². The summed E-state index contributed by atoms with van der Waals surface area (Å²) in [5.74, 6) is 0.540. The Bertz CT molecular complexity index is 1960. The summed E-state index contributed by atoms with van der Waals surface area (Å²) < 4.78 is 4.03. The highest BCUT2D eigenvalue weighted by Crippen LogP contribution is 2.42. The molecule has 0 bridgehead atoms. The van der Waals surface area contributed by atoms with E-state index in [1.165, 1.54) is 5.56 Å². The van der Waals surface area contributed by atoms with Gasteiger partial charge in [0.1, 0.15) is 12.0 Å². The molecule has 0 saturated heterocycles. The van der Waals surface area contributed by atoms with E-state index in [0.29, 0.717) is 12.4 Å². The average molecular weight is 555 g/mol. The Morgan fingerprint density at radius 1 is 0.829 bits per heavy atom. The molecule has 4 heterocycles. The van der Waals surface area contributed by atoms with Crippen LogP contribution in [0.5, 0.6) is 0 Å². The van der Waals surface area contributed by atoms with Crippen molar-refractivity contribution in [3.63, 3.8) is 0 Å². The fraction of sp³-hybridized carbons (Fsp3) is 0.0909. The minimum Gasteiger partial charge on any atom is -0.387 e. The van der Waals surface area contributed by atoms with E-state index in [1.807, 2.05) is 42.6 Å². The Balaban J connectivity index is 1.42. The number of fused-ring (bicyclic) bond motifs is 3. The van der Waals surface area contributed by atoms with Crippen LogP contribution < -0.4 is 0 Å². The first-order chi connectivity index (χ1) is 20.3. The van der Waals surface area contributed by atoms with Crippen LogP contribution >= 0.6 is 11.3 Å². The van der Waals surface area contributed by atoms with E-state index in [2.05, 4.69) is 82.5 Å². The van der Waals surface area contributed by atoms with Gasteiger partial charge in [0.15, 0.2) is 18.1 Å². The maximum atomic E-state index is 5.67. The van der Waals surface area contributed by atoms with Gasteiger partial charge in [-0.25, -0.2) is 14.5 Å². The number of aromatic nitrogens is 5. The van der Waals surface area contributed by atoms with Crippen molar-refractivity contribution in [2.24, 2.45) is 5.16 Å². The first-order valence-corrected chi connectivity index (χ1v) is 14.3. The zero-order valence-corrected chi connectivity index (χ0v) is 23.2. The average Bonchev–Trinajstić information content (AvgIpc) is 3.77. The molecule has 0 atom stereocenters. The van der Waals surface area contributed by atoms with Crippen LogP contribution in [0.25, 0.3) is 39.1 Å². The summed E-state index contributed by atoms with van der Waals surface area (Å²) in [5.41, 5.74) is 7.97. The highest BCUT2D eigenvalue weighted by Gasteiger charge is 2.25. The molecule has 0 radical (unpaired) electrons. The van der Waals surface area contributed by atoms with Crippen LogP contribution in [0, 0.1) is 0 Å². The van der Waals surface area contributed by atoms with Crippen molar-refractivity contribution in [2.75, 3.05) is 0 Å². The molecule has 8 heteroatoms. The van der Waals surface area contributed by atoms with Crippen LogP contribution in [0.4, 0.5) is 0 Å². The van der Waals surface area contributed by atoms with Gasteiger partial charge in [0.25, 0.3) is 0 Å². The third-order valence-corrected chi connectivity index (χ3v) is 7.97. The molecule has 0 aliphatic carbocycles. The highest BCUT2D eigenvalue weighted by atomic mass is 32.1. The predicted octanol–water partition coefficient (Wildman–Crippen LogP) is 7.46. The van der Waals surface area contributed by atoms with Gasteiger partial charge in [0.05, 0.1) is 21.7 Å². The molecule has 41 heavy (non-hydrogen) atoms. The van der Waals surface area contributed by atoms with Gasteiger partial charge >= 0.3 is 0 Å². The van der Waals surface area contributed by atoms with E-state index < -0.39 is 0 Å². The molecule has 7 rings (SSSR count). The van der Waals surface area contributed by atoms with E-state index >= 15 is 0 Å². The third kappa shape index (κ3) is 4.79. The molecular formula is C33H26N6OS. The van der Waals surface area contributed by atoms with E-state index in [4.69, 9.17) is 19.9 Å². The van der Waals surface area contributed by atoms with Gasteiger partial charge in [0, 0.05) is 12.1 Å². The Hall–Kier alpha value is -5.08. The third-order valence-electron chi connectivity index (χ3n) is 6.99. The van der Waals surface area contributed by atoms with E-state index in [0.717, 1.165) is 49.7 Å². The first kappa shape index (κ1) is 24.9. The molecule has 0 spiro atoms. The second-order valence-electron chi connectivity index (χ2n) is 9.69. The van der Waals surface area contributed by atoms with Crippen LogP contribution in [0.1, 0.15) is 23.2 Å². The summed E-state index contributed by atoms with van der Waals surface area (Å²) >= 11 is 1.63. The van der Waals surface area contributed by atoms with Gasteiger partial charge in [-0.05, 0) is 35.1 Å². The molecule has 0 unspecified atom stereocenters. The van der Waals surface area contributed by atoms with Crippen molar-refractivity contribution in [1.29, 1.82) is 0 Å². The molecule has 0 amide bonds. The minimum atomic E-state index is 0.156. The topological polar surface area (TPSA) is 69.6 Å². The summed E-state index contributed by atoms with van der Waals surface area (Å²) in [6.07, 6.45) is 1.74. The smallest absolute Gasteiger partial charge is 0.192 e. The number of rotatable bonds is 8. The van der Waals surface area contributed by atoms with Crippen molar-refractivity contribution in [3.05, 3.63) is 131 Å². The van der Waals surface area contributed by atoms with Crippen LogP contribution in [0.15, 0.2) is 120 Å². The largest absolute Gasteiger partial charge is 0.387 e. The monoisotopic (exact) mass is 554 g/mol. The van der Waals surface area contributed by atoms with Gasteiger partial charge in [0.2, 0.25) is 0 Å². The SMILES string of the molecule is CC(=NOCc1nc2c3c(-c4ccccc4)c(-c4ccccc4)n(Cc4ccccc4)c3ncn2n1)c1cccs1. The fourth-order valence-corrected chi connectivity index (χ4v) is 5.83. The zero-order chi connectivity index (χ0) is 27.6. The lowest BCUT2D eigenvalue weighted by Crippen LogP contribution is -2.03. The highest BCUT2D eigenvalue weighted by molar-refractivity contribution is 7.12. The maximum absolute atomic E-state index is 5.67. The molecule has 0 fully saturated rings. The van der Waals surface area contributed by atoms with Gasteiger partial charge in [-0.3, -0.25) is 0 Å². The van der Waals surface area contributed by atoms with Crippen LogP contribution in [0.2, 0.25) is 0 Å². The molecule has 0 aliphatic heterocycles. The van der Waals surface area contributed by atoms with Gasteiger partial charge in [-0.1, -0.05) is 102 Å². The predicted molar refractivity (Wildman–Crippen MR) is 164 cm³/mol. The minimum absolute atomic E-state index is 0.156. The van der Waals surface area contributed by atoms with Crippen LogP contribution in [0.3, 0.4) is 0 Å². The number of hydrogen-bond donors (Lipinski definition) is 0. The number of benzene rings is 3. The lowest BCUT2D eigenvalue weighted by atomic mass is 9.99.